The van der Waals surface area contributed by atoms with E-state index in [-0.39, 0.29) is 12.3 Å². The predicted octanol–water partition coefficient (Wildman–Crippen LogP) is 4.22. The third-order valence-corrected chi connectivity index (χ3v) is 5.39. The molecule has 0 spiro atoms. The van der Waals surface area contributed by atoms with Gasteiger partial charge in [0.05, 0.1) is 6.61 Å². The van der Waals surface area contributed by atoms with Gasteiger partial charge in [-0.25, -0.2) is 4.79 Å². The molecule has 174 valence electrons. The highest BCUT2D eigenvalue weighted by Crippen LogP contribution is 2.15. The van der Waals surface area contributed by atoms with Gasteiger partial charge >= 0.3 is 5.69 Å². The lowest BCUT2D eigenvalue weighted by molar-refractivity contribution is 0.0939. The predicted molar refractivity (Wildman–Crippen MR) is 131 cm³/mol. The maximum atomic E-state index is 12.6. The lowest BCUT2D eigenvalue weighted by atomic mass is 10.0. The Balaban J connectivity index is 1.67. The van der Waals surface area contributed by atoms with Gasteiger partial charge in [-0.1, -0.05) is 60.0 Å². The number of aromatic nitrogens is 2. The molecule has 0 saturated carbocycles. The lowest BCUT2D eigenvalue weighted by Gasteiger charge is -2.16. The number of hydrogen-bond acceptors (Lipinski definition) is 4. The first-order valence-electron chi connectivity index (χ1n) is 11.2. The molecule has 1 aromatic heterocycles. The number of H-pyrrole nitrogens is 1. The summed E-state index contributed by atoms with van der Waals surface area (Å²) in [5.74, 6) is 0.814. The van der Waals surface area contributed by atoms with E-state index in [0.29, 0.717) is 37.3 Å². The second-order valence-electron chi connectivity index (χ2n) is 8.23. The summed E-state index contributed by atoms with van der Waals surface area (Å²) in [5.41, 5.74) is 5.07. The Hall–Kier alpha value is -3.38. The highest BCUT2D eigenvalue weighted by atomic mass is 16.5. The molecule has 3 aromatic rings. The highest BCUT2D eigenvalue weighted by Gasteiger charge is 2.14. The summed E-state index contributed by atoms with van der Waals surface area (Å²) < 4.78 is 12.9. The van der Waals surface area contributed by atoms with E-state index in [1.165, 1.54) is 10.1 Å². The van der Waals surface area contributed by atoms with Crippen LogP contribution in [0.1, 0.15) is 40.4 Å². The molecule has 0 aliphatic carbocycles. The van der Waals surface area contributed by atoms with Gasteiger partial charge in [0.25, 0.3) is 5.56 Å². The van der Waals surface area contributed by atoms with E-state index in [1.54, 1.807) is 0 Å². The van der Waals surface area contributed by atoms with Crippen LogP contribution in [0.15, 0.2) is 64.2 Å². The quantitative estimate of drug-likeness (QED) is 0.372. The summed E-state index contributed by atoms with van der Waals surface area (Å²) >= 11 is 0. The topological polar surface area (TPSA) is 73.3 Å². The van der Waals surface area contributed by atoms with Crippen molar-refractivity contribution < 1.29 is 9.47 Å². The minimum Gasteiger partial charge on any atom is -0.490 e. The van der Waals surface area contributed by atoms with Crippen LogP contribution in [0.3, 0.4) is 0 Å². The zero-order valence-electron chi connectivity index (χ0n) is 19.8. The van der Waals surface area contributed by atoms with E-state index >= 15 is 0 Å². The highest BCUT2D eigenvalue weighted by molar-refractivity contribution is 5.33. The average molecular weight is 449 g/mol. The lowest BCUT2D eigenvalue weighted by Crippen LogP contribution is -2.36. The van der Waals surface area contributed by atoms with Gasteiger partial charge in [-0.2, -0.15) is 0 Å². The van der Waals surface area contributed by atoms with Gasteiger partial charge in [-0.3, -0.25) is 14.3 Å². The van der Waals surface area contributed by atoms with Crippen LogP contribution in [-0.4, -0.2) is 22.8 Å². The standard InChI is InChI=1S/C27H32N2O4/c1-5-24-25(17-22-15-20(3)14-21(4)16-22)29(27(31)28-26(24)30)18-32-12-6-7-13-33-23-10-8-19(2)9-11-23/h6-11,14-16H,5,12-13,17-18H2,1-4H3,(H,28,30,31). The number of aryl methyl sites for hydroxylation is 3. The second kappa shape index (κ2) is 11.5. The van der Waals surface area contributed by atoms with Crippen molar-refractivity contribution in [3.63, 3.8) is 0 Å². The molecule has 33 heavy (non-hydrogen) atoms. The average Bonchev–Trinajstić information content (AvgIpc) is 2.75. The van der Waals surface area contributed by atoms with E-state index in [2.05, 4.69) is 23.2 Å². The monoisotopic (exact) mass is 448 g/mol. The maximum Gasteiger partial charge on any atom is 0.330 e. The molecule has 6 nitrogen and oxygen atoms in total. The molecule has 0 aliphatic heterocycles. The van der Waals surface area contributed by atoms with Crippen molar-refractivity contribution in [3.05, 3.63) is 109 Å². The first-order chi connectivity index (χ1) is 15.9. The summed E-state index contributed by atoms with van der Waals surface area (Å²) in [6, 6.07) is 14.2. The maximum absolute atomic E-state index is 12.6. The van der Waals surface area contributed by atoms with Crippen LogP contribution in [-0.2, 0) is 24.3 Å². The number of nitrogens with one attached hydrogen (secondary N) is 1. The first-order valence-corrected chi connectivity index (χ1v) is 11.2. The van der Waals surface area contributed by atoms with E-state index in [1.807, 2.05) is 64.1 Å². The van der Waals surface area contributed by atoms with Crippen LogP contribution in [0.5, 0.6) is 5.75 Å². The summed E-state index contributed by atoms with van der Waals surface area (Å²) in [5, 5.41) is 0. The Morgan fingerprint density at radius 1 is 0.909 bits per heavy atom. The molecular formula is C27H32N2O4. The van der Waals surface area contributed by atoms with Crippen molar-refractivity contribution in [1.82, 2.24) is 9.55 Å². The van der Waals surface area contributed by atoms with E-state index in [9.17, 15) is 9.59 Å². The molecule has 1 N–H and O–H groups in total. The number of nitrogens with zero attached hydrogens (tertiary/aromatic N) is 1. The summed E-state index contributed by atoms with van der Waals surface area (Å²) in [7, 11) is 0. The van der Waals surface area contributed by atoms with Crippen LogP contribution < -0.4 is 16.0 Å². The zero-order valence-corrected chi connectivity index (χ0v) is 19.8. The van der Waals surface area contributed by atoms with E-state index in [4.69, 9.17) is 9.47 Å². The molecule has 0 atom stereocenters. The first kappa shape index (κ1) is 24.3. The van der Waals surface area contributed by atoms with Crippen LogP contribution in [0.4, 0.5) is 0 Å². The fourth-order valence-electron chi connectivity index (χ4n) is 3.85. The van der Waals surface area contributed by atoms with Crippen molar-refractivity contribution in [1.29, 1.82) is 0 Å². The molecule has 0 amide bonds. The smallest absolute Gasteiger partial charge is 0.330 e. The summed E-state index contributed by atoms with van der Waals surface area (Å²) in [6.07, 6.45) is 4.76. The number of aromatic amines is 1. The molecule has 1 heterocycles. The van der Waals surface area contributed by atoms with Crippen LogP contribution in [0.25, 0.3) is 0 Å². The van der Waals surface area contributed by atoms with Gasteiger partial charge in [-0.05, 0) is 51.0 Å². The van der Waals surface area contributed by atoms with Crippen molar-refractivity contribution >= 4 is 0 Å². The van der Waals surface area contributed by atoms with Gasteiger partial charge in [0.15, 0.2) is 0 Å². The van der Waals surface area contributed by atoms with Gasteiger partial charge < -0.3 is 9.47 Å². The minimum absolute atomic E-state index is 0.0614. The molecule has 0 unspecified atom stereocenters. The van der Waals surface area contributed by atoms with Crippen LogP contribution >= 0.6 is 0 Å². The molecular weight excluding hydrogens is 416 g/mol. The van der Waals surface area contributed by atoms with Crippen molar-refractivity contribution in [2.24, 2.45) is 0 Å². The molecule has 2 aromatic carbocycles. The molecule has 0 bridgehead atoms. The van der Waals surface area contributed by atoms with E-state index in [0.717, 1.165) is 22.4 Å². The summed E-state index contributed by atoms with van der Waals surface area (Å²) in [4.78, 5) is 27.4. The largest absolute Gasteiger partial charge is 0.490 e. The molecule has 6 heteroatoms. The fraction of sp³-hybridized carbons (Fsp3) is 0.333. The molecule has 3 rings (SSSR count). The number of benzene rings is 2. The van der Waals surface area contributed by atoms with Crippen molar-refractivity contribution in [3.8, 4) is 5.75 Å². The van der Waals surface area contributed by atoms with Gasteiger partial charge in [0.1, 0.15) is 19.1 Å². The molecule has 0 saturated heterocycles. The fourth-order valence-corrected chi connectivity index (χ4v) is 3.85. The van der Waals surface area contributed by atoms with Gasteiger partial charge in [-0.15, -0.1) is 0 Å². The van der Waals surface area contributed by atoms with E-state index < -0.39 is 5.69 Å². The zero-order chi connectivity index (χ0) is 23.8. The number of ether oxygens (including phenoxy) is 2. The molecule has 0 fully saturated rings. The number of hydrogen-bond donors (Lipinski definition) is 1. The normalized spacial score (nSPS) is 11.3. The Labute approximate surface area is 194 Å². The van der Waals surface area contributed by atoms with Crippen molar-refractivity contribution in [2.75, 3.05) is 13.2 Å². The third kappa shape index (κ3) is 6.80. The Morgan fingerprint density at radius 3 is 2.24 bits per heavy atom. The van der Waals surface area contributed by atoms with Crippen molar-refractivity contribution in [2.45, 2.75) is 47.3 Å². The van der Waals surface area contributed by atoms with Gasteiger partial charge in [0.2, 0.25) is 0 Å². The second-order valence-corrected chi connectivity index (χ2v) is 8.23. The Morgan fingerprint density at radius 2 is 1.58 bits per heavy atom. The molecule has 0 aliphatic rings. The molecule has 0 radical (unpaired) electrons. The number of rotatable bonds is 10. The van der Waals surface area contributed by atoms with Crippen LogP contribution in [0, 0.1) is 20.8 Å². The summed E-state index contributed by atoms with van der Waals surface area (Å²) in [6.45, 7) is 8.86. The van der Waals surface area contributed by atoms with Crippen LogP contribution in [0.2, 0.25) is 0 Å². The minimum atomic E-state index is -0.455. The Kier molecular flexibility index (Phi) is 8.44. The van der Waals surface area contributed by atoms with Gasteiger partial charge in [0, 0.05) is 17.7 Å². The SMILES string of the molecule is CCc1c(Cc2cc(C)cc(C)c2)n(COCC=CCOc2ccc(C)cc2)c(=O)[nH]c1=O. The third-order valence-electron chi connectivity index (χ3n) is 5.39. The Bertz CT molecular complexity index is 1200.